The first-order valence-corrected chi connectivity index (χ1v) is 11.3. The predicted molar refractivity (Wildman–Crippen MR) is 122 cm³/mol. The summed E-state index contributed by atoms with van der Waals surface area (Å²) in [6.07, 6.45) is 0. The number of nitrogens with zero attached hydrogens (tertiary/aromatic N) is 1. The number of thioether (sulfide) groups is 1. The van der Waals surface area contributed by atoms with Crippen LogP contribution in [0.4, 0.5) is 0 Å². The molecule has 2 rings (SSSR count). The number of aryl methyl sites for hydroxylation is 1. The molecule has 2 aromatic rings. The molecule has 1 N–H and O–H groups in total. The van der Waals surface area contributed by atoms with Crippen molar-refractivity contribution in [2.75, 3.05) is 5.75 Å². The Morgan fingerprint density at radius 1 is 1.07 bits per heavy atom. The van der Waals surface area contributed by atoms with Crippen molar-refractivity contribution in [2.24, 2.45) is 0 Å². The van der Waals surface area contributed by atoms with Crippen LogP contribution in [0.15, 0.2) is 48.5 Å². The molecule has 2 aromatic carbocycles. The zero-order valence-corrected chi connectivity index (χ0v) is 19.0. The van der Waals surface area contributed by atoms with Crippen molar-refractivity contribution in [3.05, 3.63) is 70.2 Å². The van der Waals surface area contributed by atoms with Gasteiger partial charge in [-0.25, -0.2) is 0 Å². The summed E-state index contributed by atoms with van der Waals surface area (Å²) in [6, 6.07) is 15.1. The van der Waals surface area contributed by atoms with Gasteiger partial charge in [-0.1, -0.05) is 53.6 Å². The van der Waals surface area contributed by atoms with Gasteiger partial charge in [0, 0.05) is 23.4 Å². The molecule has 0 radical (unpaired) electrons. The third-order valence-electron chi connectivity index (χ3n) is 4.44. The number of hydrogen-bond donors (Lipinski definition) is 1. The van der Waals surface area contributed by atoms with Crippen LogP contribution in [0, 0.1) is 6.92 Å². The zero-order chi connectivity index (χ0) is 21.4. The highest BCUT2D eigenvalue weighted by atomic mass is 35.5. The monoisotopic (exact) mass is 432 g/mol. The molecule has 156 valence electrons. The van der Waals surface area contributed by atoms with Crippen LogP contribution in [0.5, 0.6) is 0 Å². The van der Waals surface area contributed by atoms with Crippen LogP contribution in [0.1, 0.15) is 37.5 Å². The van der Waals surface area contributed by atoms with Crippen molar-refractivity contribution in [2.45, 2.75) is 52.1 Å². The standard InChI is InChI=1S/C23H29ClN2O2S/c1-16(2)25-23(28)18(4)26(13-20-7-5-6-17(3)12-20)22(27)15-29-14-19-8-10-21(24)11-9-19/h5-12,16,18H,13-15H2,1-4H3,(H,25,28)/t18-/m0/s1. The van der Waals surface area contributed by atoms with E-state index in [1.165, 1.54) is 11.8 Å². The maximum Gasteiger partial charge on any atom is 0.242 e. The maximum atomic E-state index is 13.0. The van der Waals surface area contributed by atoms with Gasteiger partial charge in [0.15, 0.2) is 0 Å². The fourth-order valence-electron chi connectivity index (χ4n) is 2.91. The molecule has 0 aliphatic rings. The second-order valence-electron chi connectivity index (χ2n) is 7.47. The Hall–Kier alpha value is -1.98. The Morgan fingerprint density at radius 2 is 1.76 bits per heavy atom. The summed E-state index contributed by atoms with van der Waals surface area (Å²) in [6.45, 7) is 8.05. The number of nitrogens with one attached hydrogen (secondary N) is 1. The van der Waals surface area contributed by atoms with Crippen LogP contribution in [-0.4, -0.2) is 34.6 Å². The van der Waals surface area contributed by atoms with Crippen LogP contribution in [-0.2, 0) is 21.9 Å². The van der Waals surface area contributed by atoms with E-state index in [0.717, 1.165) is 16.7 Å². The number of halogens is 1. The van der Waals surface area contributed by atoms with Gasteiger partial charge in [-0.2, -0.15) is 0 Å². The number of benzene rings is 2. The van der Waals surface area contributed by atoms with E-state index >= 15 is 0 Å². The molecule has 29 heavy (non-hydrogen) atoms. The van der Waals surface area contributed by atoms with Crippen molar-refractivity contribution in [1.29, 1.82) is 0 Å². The average Bonchev–Trinajstić information content (AvgIpc) is 2.66. The van der Waals surface area contributed by atoms with Gasteiger partial charge in [0.25, 0.3) is 0 Å². The summed E-state index contributed by atoms with van der Waals surface area (Å²) in [5.41, 5.74) is 3.26. The highest BCUT2D eigenvalue weighted by Crippen LogP contribution is 2.18. The molecule has 0 saturated carbocycles. The molecule has 0 aliphatic heterocycles. The van der Waals surface area contributed by atoms with Gasteiger partial charge < -0.3 is 10.2 Å². The first-order chi connectivity index (χ1) is 13.8. The molecule has 0 bridgehead atoms. The predicted octanol–water partition coefficient (Wildman–Crippen LogP) is 4.82. The third-order valence-corrected chi connectivity index (χ3v) is 5.68. The summed E-state index contributed by atoms with van der Waals surface area (Å²) >= 11 is 7.46. The maximum absolute atomic E-state index is 13.0. The minimum Gasteiger partial charge on any atom is -0.352 e. The Bertz CT molecular complexity index is 824. The van der Waals surface area contributed by atoms with E-state index in [4.69, 9.17) is 11.6 Å². The van der Waals surface area contributed by atoms with Crippen LogP contribution in [0.3, 0.4) is 0 Å². The molecular formula is C23H29ClN2O2S. The molecule has 6 heteroatoms. The SMILES string of the molecule is Cc1cccc(CN(C(=O)CSCc2ccc(Cl)cc2)[C@@H](C)C(=O)NC(C)C)c1. The summed E-state index contributed by atoms with van der Waals surface area (Å²) in [7, 11) is 0. The third kappa shape index (κ3) is 7.75. The van der Waals surface area contributed by atoms with E-state index in [-0.39, 0.29) is 17.9 Å². The van der Waals surface area contributed by atoms with E-state index < -0.39 is 6.04 Å². The van der Waals surface area contributed by atoms with Crippen LogP contribution >= 0.6 is 23.4 Å². The van der Waals surface area contributed by atoms with E-state index in [1.807, 2.05) is 69.3 Å². The second kappa shape index (κ2) is 11.3. The quantitative estimate of drug-likeness (QED) is 0.617. The highest BCUT2D eigenvalue weighted by molar-refractivity contribution is 7.99. The molecule has 0 saturated heterocycles. The van der Waals surface area contributed by atoms with Gasteiger partial charge in [0.1, 0.15) is 6.04 Å². The van der Waals surface area contributed by atoms with Gasteiger partial charge >= 0.3 is 0 Å². The van der Waals surface area contributed by atoms with Crippen molar-refractivity contribution in [3.63, 3.8) is 0 Å². The summed E-state index contributed by atoms with van der Waals surface area (Å²) in [5, 5.41) is 3.61. The average molecular weight is 433 g/mol. The van der Waals surface area contributed by atoms with E-state index in [9.17, 15) is 9.59 Å². The molecule has 0 fully saturated rings. The number of hydrogen-bond acceptors (Lipinski definition) is 3. The lowest BCUT2D eigenvalue weighted by atomic mass is 10.1. The fraction of sp³-hybridized carbons (Fsp3) is 0.391. The first-order valence-electron chi connectivity index (χ1n) is 9.74. The molecule has 1 atom stereocenters. The lowest BCUT2D eigenvalue weighted by Gasteiger charge is -2.29. The highest BCUT2D eigenvalue weighted by Gasteiger charge is 2.26. The first kappa shape index (κ1) is 23.3. The van der Waals surface area contributed by atoms with Crippen molar-refractivity contribution in [1.82, 2.24) is 10.2 Å². The van der Waals surface area contributed by atoms with E-state index in [0.29, 0.717) is 23.1 Å². The lowest BCUT2D eigenvalue weighted by molar-refractivity contribution is -0.138. The summed E-state index contributed by atoms with van der Waals surface area (Å²) in [5.74, 6) is 0.849. The van der Waals surface area contributed by atoms with Crippen molar-refractivity contribution >= 4 is 35.2 Å². The molecule has 0 unspecified atom stereocenters. The fourth-order valence-corrected chi connectivity index (χ4v) is 3.91. The summed E-state index contributed by atoms with van der Waals surface area (Å²) in [4.78, 5) is 27.2. The lowest BCUT2D eigenvalue weighted by Crippen LogP contribution is -2.49. The van der Waals surface area contributed by atoms with Crippen LogP contribution in [0.2, 0.25) is 5.02 Å². The molecule has 0 aliphatic carbocycles. The molecule has 0 spiro atoms. The Morgan fingerprint density at radius 3 is 2.38 bits per heavy atom. The minimum absolute atomic E-state index is 0.0279. The van der Waals surface area contributed by atoms with Crippen LogP contribution < -0.4 is 5.32 Å². The number of amides is 2. The van der Waals surface area contributed by atoms with Gasteiger partial charge in [-0.05, 0) is 51.0 Å². The van der Waals surface area contributed by atoms with E-state index in [2.05, 4.69) is 5.32 Å². The molecule has 0 heterocycles. The second-order valence-corrected chi connectivity index (χ2v) is 8.89. The van der Waals surface area contributed by atoms with Crippen molar-refractivity contribution < 1.29 is 9.59 Å². The smallest absolute Gasteiger partial charge is 0.242 e. The normalized spacial score (nSPS) is 11.9. The van der Waals surface area contributed by atoms with Gasteiger partial charge in [0.2, 0.25) is 11.8 Å². The molecular weight excluding hydrogens is 404 g/mol. The number of rotatable bonds is 9. The van der Waals surface area contributed by atoms with Gasteiger partial charge in [-0.15, -0.1) is 11.8 Å². The topological polar surface area (TPSA) is 49.4 Å². The van der Waals surface area contributed by atoms with Crippen LogP contribution in [0.25, 0.3) is 0 Å². The molecule has 2 amide bonds. The van der Waals surface area contributed by atoms with E-state index in [1.54, 1.807) is 11.8 Å². The number of carbonyl (C=O) groups is 2. The Labute approximate surface area is 183 Å². The van der Waals surface area contributed by atoms with Gasteiger partial charge in [0.05, 0.1) is 5.75 Å². The molecule has 0 aromatic heterocycles. The Kier molecular flexibility index (Phi) is 9.05. The number of carbonyl (C=O) groups excluding carboxylic acids is 2. The van der Waals surface area contributed by atoms with Gasteiger partial charge in [-0.3, -0.25) is 9.59 Å². The zero-order valence-electron chi connectivity index (χ0n) is 17.4. The van der Waals surface area contributed by atoms with Crippen molar-refractivity contribution in [3.8, 4) is 0 Å². The minimum atomic E-state index is -0.540. The molecule has 4 nitrogen and oxygen atoms in total. The summed E-state index contributed by atoms with van der Waals surface area (Å²) < 4.78 is 0. The Balaban J connectivity index is 2.06. The largest absolute Gasteiger partial charge is 0.352 e.